The monoisotopic (exact) mass is 486 g/mol. The van der Waals surface area contributed by atoms with E-state index < -0.39 is 5.41 Å². The Bertz CT molecular complexity index is 1070. The fourth-order valence-electron chi connectivity index (χ4n) is 3.27. The van der Waals surface area contributed by atoms with Gasteiger partial charge in [-0.25, -0.2) is 9.78 Å². The average Bonchev–Trinajstić information content (AvgIpc) is 2.81. The number of aromatic amines is 1. The quantitative estimate of drug-likeness (QED) is 0.304. The molecule has 1 amide bonds. The first-order valence-corrected chi connectivity index (χ1v) is 12.2. The van der Waals surface area contributed by atoms with Gasteiger partial charge in [0.15, 0.2) is 0 Å². The number of carbonyl (C=O) groups is 2. The molecule has 2 rings (SSSR count). The molecule has 0 unspecified atom stereocenters. The summed E-state index contributed by atoms with van der Waals surface area (Å²) in [5.74, 6) is 0.462. The van der Waals surface area contributed by atoms with Gasteiger partial charge in [0.05, 0.1) is 23.3 Å². The van der Waals surface area contributed by atoms with Crippen molar-refractivity contribution in [2.24, 2.45) is 5.41 Å². The Labute approximate surface area is 207 Å². The lowest BCUT2D eigenvalue weighted by atomic mass is 9.98. The van der Waals surface area contributed by atoms with Gasteiger partial charge in [0, 0.05) is 24.2 Å². The normalized spacial score (nSPS) is 11.3. The predicted molar refractivity (Wildman–Crippen MR) is 136 cm³/mol. The van der Waals surface area contributed by atoms with Crippen molar-refractivity contribution in [2.45, 2.75) is 73.6 Å². The highest BCUT2D eigenvalue weighted by Crippen LogP contribution is 2.31. The van der Waals surface area contributed by atoms with Crippen LogP contribution >= 0.6 is 0 Å². The summed E-state index contributed by atoms with van der Waals surface area (Å²) in [7, 11) is 0. The second-order valence-electron chi connectivity index (χ2n) is 9.29. The van der Waals surface area contributed by atoms with Crippen molar-refractivity contribution in [3.8, 4) is 17.1 Å². The molecule has 0 spiro atoms. The maximum atomic E-state index is 12.6. The third-order valence-corrected chi connectivity index (χ3v) is 5.23. The maximum absolute atomic E-state index is 12.6. The summed E-state index contributed by atoms with van der Waals surface area (Å²) in [5.41, 5.74) is 4.46. The third kappa shape index (κ3) is 8.20. The van der Waals surface area contributed by atoms with E-state index in [9.17, 15) is 14.4 Å². The number of anilines is 1. The Balaban J connectivity index is 2.13. The van der Waals surface area contributed by atoms with Crippen LogP contribution in [0.1, 0.15) is 72.1 Å². The van der Waals surface area contributed by atoms with Gasteiger partial charge in [0.1, 0.15) is 11.6 Å². The van der Waals surface area contributed by atoms with Crippen molar-refractivity contribution in [3.05, 3.63) is 39.8 Å². The number of hydroxylamine groups is 1. The number of H-pyrrole nitrogens is 1. The first-order chi connectivity index (χ1) is 16.6. The van der Waals surface area contributed by atoms with Crippen molar-refractivity contribution in [1.82, 2.24) is 15.4 Å². The van der Waals surface area contributed by atoms with Crippen LogP contribution in [0, 0.1) is 5.41 Å². The van der Waals surface area contributed by atoms with Gasteiger partial charge in [-0.3, -0.25) is 9.59 Å². The number of benzene rings is 1. The van der Waals surface area contributed by atoms with Crippen molar-refractivity contribution in [3.63, 3.8) is 0 Å². The highest BCUT2D eigenvalue weighted by atomic mass is 16.7. The number of nitrogens with zero attached hydrogens (tertiary/aromatic N) is 1. The van der Waals surface area contributed by atoms with Crippen LogP contribution in [0.25, 0.3) is 11.4 Å². The van der Waals surface area contributed by atoms with Crippen LogP contribution in [0.2, 0.25) is 0 Å². The van der Waals surface area contributed by atoms with Crippen LogP contribution in [-0.4, -0.2) is 35.0 Å². The van der Waals surface area contributed by atoms with Crippen molar-refractivity contribution in [2.75, 3.05) is 18.5 Å². The zero-order chi connectivity index (χ0) is 26.0. The number of rotatable bonds is 12. The lowest BCUT2D eigenvalue weighted by molar-refractivity contribution is -0.160. The lowest BCUT2D eigenvalue weighted by Gasteiger charge is -2.16. The number of aryl methyl sites for hydroxylation is 1. The van der Waals surface area contributed by atoms with Crippen LogP contribution in [0.5, 0.6) is 5.75 Å². The molecule has 9 nitrogen and oxygen atoms in total. The molecule has 0 aliphatic heterocycles. The van der Waals surface area contributed by atoms with Gasteiger partial charge in [-0.15, -0.1) is 0 Å². The van der Waals surface area contributed by atoms with E-state index in [1.807, 2.05) is 20.8 Å². The fourth-order valence-corrected chi connectivity index (χ4v) is 3.27. The van der Waals surface area contributed by atoms with E-state index in [4.69, 9.17) is 9.57 Å². The number of amides is 1. The SMILES string of the molecule is CCCOc1ccc(NC(=O)CCCNOC(=O)C(C)(C)C)cc1-c1nc(CC)c(CC)c(=O)[nH]1. The minimum atomic E-state index is -0.594. The number of hydrogen-bond acceptors (Lipinski definition) is 7. The van der Waals surface area contributed by atoms with Crippen LogP contribution in [-0.2, 0) is 27.3 Å². The molecule has 2 aromatic rings. The molecule has 0 bridgehead atoms. The summed E-state index contributed by atoms with van der Waals surface area (Å²) < 4.78 is 5.88. The average molecular weight is 487 g/mol. The summed E-state index contributed by atoms with van der Waals surface area (Å²) in [6.07, 6.45) is 2.80. The molecule has 1 aromatic carbocycles. The molecule has 35 heavy (non-hydrogen) atoms. The number of hydrogen-bond donors (Lipinski definition) is 3. The molecule has 0 radical (unpaired) electrons. The number of aromatic nitrogens is 2. The number of ether oxygens (including phenoxy) is 1. The van der Waals surface area contributed by atoms with E-state index in [1.54, 1.807) is 39.0 Å². The summed E-state index contributed by atoms with van der Waals surface area (Å²) in [6.45, 7) is 12.1. The summed E-state index contributed by atoms with van der Waals surface area (Å²) in [5, 5.41) is 2.88. The Morgan fingerprint density at radius 2 is 1.86 bits per heavy atom. The second-order valence-corrected chi connectivity index (χ2v) is 9.29. The first-order valence-electron chi connectivity index (χ1n) is 12.2. The molecule has 9 heteroatoms. The second kappa shape index (κ2) is 13.0. The molecule has 1 aromatic heterocycles. The van der Waals surface area contributed by atoms with Crippen LogP contribution in [0.15, 0.2) is 23.0 Å². The topological polar surface area (TPSA) is 122 Å². The molecule has 1 heterocycles. The Morgan fingerprint density at radius 3 is 2.49 bits per heavy atom. The van der Waals surface area contributed by atoms with Gasteiger partial charge < -0.3 is 19.9 Å². The highest BCUT2D eigenvalue weighted by molar-refractivity contribution is 5.91. The van der Waals surface area contributed by atoms with E-state index in [-0.39, 0.29) is 23.9 Å². The van der Waals surface area contributed by atoms with E-state index in [2.05, 4.69) is 20.8 Å². The van der Waals surface area contributed by atoms with Crippen molar-refractivity contribution >= 4 is 17.6 Å². The standard InChI is InChI=1S/C26H38N4O5/c1-7-15-34-21-13-12-17(28-22(31)11-10-14-27-35-25(33)26(4,5)6)16-19(21)23-29-20(9-3)18(8-2)24(32)30-23/h12-13,16,27H,7-11,14-15H2,1-6H3,(H,28,31)(H,29,30,32). The maximum Gasteiger partial charge on any atom is 0.329 e. The molecular formula is C26H38N4O5. The predicted octanol–water partition coefficient (Wildman–Crippen LogP) is 4.16. The van der Waals surface area contributed by atoms with Crippen LogP contribution in [0.3, 0.4) is 0 Å². The summed E-state index contributed by atoms with van der Waals surface area (Å²) in [6, 6.07) is 5.29. The largest absolute Gasteiger partial charge is 0.493 e. The van der Waals surface area contributed by atoms with Gasteiger partial charge in [0.25, 0.3) is 5.56 Å². The van der Waals surface area contributed by atoms with Gasteiger partial charge in [-0.2, -0.15) is 5.48 Å². The smallest absolute Gasteiger partial charge is 0.329 e. The van der Waals surface area contributed by atoms with Crippen molar-refractivity contribution in [1.29, 1.82) is 0 Å². The van der Waals surface area contributed by atoms with E-state index >= 15 is 0 Å². The van der Waals surface area contributed by atoms with E-state index in [0.29, 0.717) is 60.8 Å². The summed E-state index contributed by atoms with van der Waals surface area (Å²) in [4.78, 5) is 49.4. The van der Waals surface area contributed by atoms with Gasteiger partial charge >= 0.3 is 5.97 Å². The number of carbonyl (C=O) groups excluding carboxylic acids is 2. The zero-order valence-corrected chi connectivity index (χ0v) is 21.7. The lowest BCUT2D eigenvalue weighted by Crippen LogP contribution is -2.30. The zero-order valence-electron chi connectivity index (χ0n) is 21.7. The molecule has 0 saturated heterocycles. The molecule has 192 valence electrons. The van der Waals surface area contributed by atoms with Crippen molar-refractivity contribution < 1.29 is 19.2 Å². The van der Waals surface area contributed by atoms with Crippen LogP contribution < -0.4 is 21.1 Å². The Hall–Kier alpha value is -3.20. The fraction of sp³-hybridized carbons (Fsp3) is 0.538. The van der Waals surface area contributed by atoms with Gasteiger partial charge in [-0.05, 0) is 64.7 Å². The molecule has 0 aliphatic rings. The first kappa shape index (κ1) is 28.0. The van der Waals surface area contributed by atoms with E-state index in [0.717, 1.165) is 12.1 Å². The molecule has 0 saturated carbocycles. The molecular weight excluding hydrogens is 448 g/mol. The number of nitrogens with one attached hydrogen (secondary N) is 3. The minimum absolute atomic E-state index is 0.162. The Morgan fingerprint density at radius 1 is 1.11 bits per heavy atom. The summed E-state index contributed by atoms with van der Waals surface area (Å²) >= 11 is 0. The van der Waals surface area contributed by atoms with Gasteiger partial charge in [-0.1, -0.05) is 20.8 Å². The molecule has 3 N–H and O–H groups in total. The van der Waals surface area contributed by atoms with Gasteiger partial charge in [0.2, 0.25) is 5.91 Å². The minimum Gasteiger partial charge on any atom is -0.493 e. The Kier molecular flexibility index (Phi) is 10.4. The molecule has 0 atom stereocenters. The highest BCUT2D eigenvalue weighted by Gasteiger charge is 2.23. The van der Waals surface area contributed by atoms with E-state index in [1.165, 1.54) is 0 Å². The molecule has 0 fully saturated rings. The molecule has 0 aliphatic carbocycles. The van der Waals surface area contributed by atoms with Crippen LogP contribution in [0.4, 0.5) is 5.69 Å². The third-order valence-electron chi connectivity index (χ3n) is 5.23.